The lowest BCUT2D eigenvalue weighted by Crippen LogP contribution is -2.39. The van der Waals surface area contributed by atoms with E-state index in [1.165, 1.54) is 26.2 Å². The van der Waals surface area contributed by atoms with Crippen molar-refractivity contribution in [2.24, 2.45) is 14.1 Å². The SMILES string of the molecule is Cn1cc(S(=O)(=O)Oc2ccc(-c3ccc(Br)cc3)cc2)c(=O)n(C)c1=O. The maximum atomic E-state index is 12.5. The van der Waals surface area contributed by atoms with Crippen molar-refractivity contribution in [1.82, 2.24) is 9.13 Å². The predicted octanol–water partition coefficient (Wildman–Crippen LogP) is 2.28. The first-order valence-corrected chi connectivity index (χ1v) is 9.96. The van der Waals surface area contributed by atoms with Crippen LogP contribution >= 0.6 is 15.9 Å². The average molecular weight is 451 g/mol. The standard InChI is InChI=1S/C18H15BrN2O5S/c1-20-11-16(17(22)21(2)18(20)23)27(24,25)26-15-9-5-13(6-10-15)12-3-7-14(19)8-4-12/h3-11H,1-2H3. The van der Waals surface area contributed by atoms with Gasteiger partial charge in [0.2, 0.25) is 0 Å². The third kappa shape index (κ3) is 3.88. The van der Waals surface area contributed by atoms with Crippen molar-refractivity contribution >= 4 is 26.0 Å². The fourth-order valence-electron chi connectivity index (χ4n) is 2.46. The third-order valence-electron chi connectivity index (χ3n) is 3.92. The van der Waals surface area contributed by atoms with Gasteiger partial charge in [0.25, 0.3) is 5.56 Å². The van der Waals surface area contributed by atoms with Gasteiger partial charge in [0.15, 0.2) is 4.90 Å². The third-order valence-corrected chi connectivity index (χ3v) is 5.68. The summed E-state index contributed by atoms with van der Waals surface area (Å²) in [4.78, 5) is 23.2. The van der Waals surface area contributed by atoms with E-state index in [9.17, 15) is 18.0 Å². The molecule has 9 heteroatoms. The fourth-order valence-corrected chi connectivity index (χ4v) is 3.82. The van der Waals surface area contributed by atoms with E-state index in [-0.39, 0.29) is 5.75 Å². The summed E-state index contributed by atoms with van der Waals surface area (Å²) < 4.78 is 32.7. The summed E-state index contributed by atoms with van der Waals surface area (Å²) in [5.41, 5.74) is 0.271. The Morgan fingerprint density at radius 2 is 1.41 bits per heavy atom. The van der Waals surface area contributed by atoms with Gasteiger partial charge in [0, 0.05) is 24.8 Å². The van der Waals surface area contributed by atoms with Gasteiger partial charge in [-0.2, -0.15) is 8.42 Å². The minimum Gasteiger partial charge on any atom is -0.379 e. The number of aryl methyl sites for hydroxylation is 1. The molecule has 0 aliphatic carbocycles. The molecule has 3 rings (SSSR count). The zero-order valence-corrected chi connectivity index (χ0v) is 16.8. The molecule has 0 aliphatic rings. The Morgan fingerprint density at radius 3 is 1.96 bits per heavy atom. The van der Waals surface area contributed by atoms with Crippen LogP contribution in [0.1, 0.15) is 0 Å². The highest BCUT2D eigenvalue weighted by atomic mass is 79.9. The van der Waals surface area contributed by atoms with Crippen LogP contribution in [0.15, 0.2) is 73.7 Å². The summed E-state index contributed by atoms with van der Waals surface area (Å²) >= 11 is 3.37. The van der Waals surface area contributed by atoms with Gasteiger partial charge in [-0.05, 0) is 35.4 Å². The first-order valence-electron chi connectivity index (χ1n) is 7.76. The van der Waals surface area contributed by atoms with E-state index in [1.807, 2.05) is 24.3 Å². The first-order chi connectivity index (χ1) is 12.7. The van der Waals surface area contributed by atoms with Gasteiger partial charge in [-0.1, -0.05) is 40.2 Å². The lowest BCUT2D eigenvalue weighted by atomic mass is 10.1. The molecule has 140 valence electrons. The van der Waals surface area contributed by atoms with E-state index in [2.05, 4.69) is 15.9 Å². The van der Waals surface area contributed by atoms with Crippen molar-refractivity contribution < 1.29 is 12.6 Å². The molecule has 0 aliphatic heterocycles. The molecule has 2 aromatic carbocycles. The van der Waals surface area contributed by atoms with Crippen LogP contribution in [0.25, 0.3) is 11.1 Å². The predicted molar refractivity (Wildman–Crippen MR) is 104 cm³/mol. The smallest absolute Gasteiger partial charge is 0.346 e. The van der Waals surface area contributed by atoms with Gasteiger partial charge >= 0.3 is 15.8 Å². The quantitative estimate of drug-likeness (QED) is 0.569. The van der Waals surface area contributed by atoms with Gasteiger partial charge in [-0.3, -0.25) is 9.36 Å². The van der Waals surface area contributed by atoms with Crippen LogP contribution in [0.3, 0.4) is 0 Å². The lowest BCUT2D eigenvalue weighted by Gasteiger charge is -2.10. The number of aromatic nitrogens is 2. The Bertz CT molecular complexity index is 1210. The van der Waals surface area contributed by atoms with Crippen LogP contribution in [0.5, 0.6) is 5.75 Å². The maximum absolute atomic E-state index is 12.5. The zero-order valence-electron chi connectivity index (χ0n) is 14.4. The number of hydrogen-bond acceptors (Lipinski definition) is 5. The van der Waals surface area contributed by atoms with Crippen LogP contribution in [-0.2, 0) is 24.2 Å². The molecule has 7 nitrogen and oxygen atoms in total. The first kappa shape index (κ1) is 19.1. The maximum Gasteiger partial charge on any atom is 0.346 e. The van der Waals surface area contributed by atoms with Crippen LogP contribution in [-0.4, -0.2) is 17.6 Å². The molecule has 0 N–H and O–H groups in total. The van der Waals surface area contributed by atoms with Crippen LogP contribution in [0, 0.1) is 0 Å². The molecule has 0 amide bonds. The molecule has 0 saturated carbocycles. The van der Waals surface area contributed by atoms with E-state index in [1.54, 1.807) is 12.1 Å². The van der Waals surface area contributed by atoms with Crippen molar-refractivity contribution in [1.29, 1.82) is 0 Å². The molecule has 3 aromatic rings. The van der Waals surface area contributed by atoms with Crippen molar-refractivity contribution in [2.75, 3.05) is 0 Å². The summed E-state index contributed by atoms with van der Waals surface area (Å²) in [6.07, 6.45) is 0.955. The highest BCUT2D eigenvalue weighted by Gasteiger charge is 2.23. The van der Waals surface area contributed by atoms with Gasteiger partial charge < -0.3 is 8.75 Å². The Kier molecular flexibility index (Phi) is 5.07. The second-order valence-electron chi connectivity index (χ2n) is 5.82. The molecule has 0 spiro atoms. The largest absolute Gasteiger partial charge is 0.379 e. The van der Waals surface area contributed by atoms with E-state index in [0.29, 0.717) is 4.57 Å². The second kappa shape index (κ2) is 7.16. The molecule has 1 aromatic heterocycles. The van der Waals surface area contributed by atoms with E-state index in [4.69, 9.17) is 4.18 Å². The Morgan fingerprint density at radius 1 is 0.889 bits per heavy atom. The summed E-state index contributed by atoms with van der Waals surface area (Å²) in [5.74, 6) is 0.0618. The number of halogens is 1. The lowest BCUT2D eigenvalue weighted by molar-refractivity contribution is 0.480. The number of hydrogen-bond donors (Lipinski definition) is 0. The summed E-state index contributed by atoms with van der Waals surface area (Å²) in [5, 5.41) is 0. The summed E-state index contributed by atoms with van der Waals surface area (Å²) in [6.45, 7) is 0. The molecule has 1 heterocycles. The molecular formula is C18H15BrN2O5S. The molecule has 0 saturated heterocycles. The van der Waals surface area contributed by atoms with Crippen molar-refractivity contribution in [3.8, 4) is 16.9 Å². The zero-order chi connectivity index (χ0) is 19.8. The number of rotatable bonds is 4. The topological polar surface area (TPSA) is 87.4 Å². The van der Waals surface area contributed by atoms with Gasteiger partial charge in [-0.25, -0.2) is 4.79 Å². The number of benzene rings is 2. The van der Waals surface area contributed by atoms with Crippen LogP contribution in [0.4, 0.5) is 0 Å². The second-order valence-corrected chi connectivity index (χ2v) is 8.25. The molecular weight excluding hydrogens is 436 g/mol. The number of nitrogens with zero attached hydrogens (tertiary/aromatic N) is 2. The molecule has 0 atom stereocenters. The Labute approximate surface area is 163 Å². The molecule has 27 heavy (non-hydrogen) atoms. The average Bonchev–Trinajstić information content (AvgIpc) is 2.64. The Balaban J connectivity index is 1.92. The van der Waals surface area contributed by atoms with Crippen LogP contribution < -0.4 is 15.4 Å². The van der Waals surface area contributed by atoms with Crippen molar-refractivity contribution in [3.05, 3.63) is 80.0 Å². The fraction of sp³-hybridized carbons (Fsp3) is 0.111. The summed E-state index contributed by atoms with van der Waals surface area (Å²) in [6, 6.07) is 14.1. The highest BCUT2D eigenvalue weighted by Crippen LogP contribution is 2.25. The van der Waals surface area contributed by atoms with Gasteiger partial charge in [-0.15, -0.1) is 0 Å². The van der Waals surface area contributed by atoms with E-state index < -0.39 is 26.3 Å². The van der Waals surface area contributed by atoms with Crippen LogP contribution in [0.2, 0.25) is 0 Å². The van der Waals surface area contributed by atoms with E-state index in [0.717, 1.165) is 26.4 Å². The van der Waals surface area contributed by atoms with Crippen molar-refractivity contribution in [2.45, 2.75) is 4.90 Å². The minimum atomic E-state index is -4.39. The minimum absolute atomic E-state index is 0.0618. The Hall–Kier alpha value is -2.65. The van der Waals surface area contributed by atoms with Gasteiger partial charge in [0.1, 0.15) is 5.75 Å². The van der Waals surface area contributed by atoms with Crippen molar-refractivity contribution in [3.63, 3.8) is 0 Å². The molecule has 0 unspecified atom stereocenters. The van der Waals surface area contributed by atoms with Gasteiger partial charge in [0.05, 0.1) is 0 Å². The molecule has 0 radical (unpaired) electrons. The van der Waals surface area contributed by atoms with E-state index >= 15 is 0 Å². The highest BCUT2D eigenvalue weighted by molar-refractivity contribution is 9.10. The summed E-state index contributed by atoms with van der Waals surface area (Å²) in [7, 11) is -1.83. The normalized spacial score (nSPS) is 11.4. The monoisotopic (exact) mass is 450 g/mol. The molecule has 0 fully saturated rings. The molecule has 0 bridgehead atoms.